The fourth-order valence-corrected chi connectivity index (χ4v) is 1.82. The summed E-state index contributed by atoms with van der Waals surface area (Å²) in [5, 5.41) is 14.5. The number of aromatic nitrogens is 1. The van der Waals surface area contributed by atoms with Crippen LogP contribution in [0.15, 0.2) is 42.6 Å². The van der Waals surface area contributed by atoms with Crippen LogP contribution in [0, 0.1) is 11.3 Å². The van der Waals surface area contributed by atoms with Crippen molar-refractivity contribution in [2.24, 2.45) is 0 Å². The van der Waals surface area contributed by atoms with Crippen molar-refractivity contribution in [1.82, 2.24) is 10.3 Å². The van der Waals surface area contributed by atoms with Crippen LogP contribution in [0.5, 0.6) is 0 Å². The minimum Gasteiger partial charge on any atom is -0.372 e. The van der Waals surface area contributed by atoms with Crippen molar-refractivity contribution in [2.75, 3.05) is 12.4 Å². The number of nitriles is 1. The Morgan fingerprint density at radius 3 is 2.95 bits per heavy atom. The number of pyridine rings is 1. The maximum atomic E-state index is 12.1. The summed E-state index contributed by atoms with van der Waals surface area (Å²) in [6, 6.07) is 12.6. The van der Waals surface area contributed by atoms with Crippen LogP contribution in [-0.2, 0) is 6.54 Å². The highest BCUT2D eigenvalue weighted by molar-refractivity contribution is 5.98. The van der Waals surface area contributed by atoms with E-state index in [1.807, 2.05) is 6.07 Å². The average Bonchev–Trinajstić information content (AvgIpc) is 2.52. The van der Waals surface area contributed by atoms with E-state index in [-0.39, 0.29) is 5.91 Å². The molecule has 0 aliphatic carbocycles. The SMILES string of the molecule is CNc1ncccc1C(=O)NCc1cccc(C#N)c1. The summed E-state index contributed by atoms with van der Waals surface area (Å²) in [5.74, 6) is 0.334. The highest BCUT2D eigenvalue weighted by atomic mass is 16.1. The normalized spacial score (nSPS) is 9.60. The molecule has 1 aromatic heterocycles. The minimum atomic E-state index is -0.204. The molecular formula is C15H14N4O. The summed E-state index contributed by atoms with van der Waals surface area (Å²) in [7, 11) is 1.72. The van der Waals surface area contributed by atoms with Gasteiger partial charge < -0.3 is 10.6 Å². The molecule has 2 rings (SSSR count). The lowest BCUT2D eigenvalue weighted by Crippen LogP contribution is -2.24. The number of amides is 1. The predicted octanol–water partition coefficient (Wildman–Crippen LogP) is 1.92. The molecule has 5 heteroatoms. The molecule has 2 aromatic rings. The first-order chi connectivity index (χ1) is 9.74. The lowest BCUT2D eigenvalue weighted by atomic mass is 10.1. The van der Waals surface area contributed by atoms with Crippen LogP contribution in [0.2, 0.25) is 0 Å². The Balaban J connectivity index is 2.07. The van der Waals surface area contributed by atoms with Gasteiger partial charge in [-0.1, -0.05) is 12.1 Å². The molecule has 0 atom stereocenters. The van der Waals surface area contributed by atoms with Crippen LogP contribution in [0.25, 0.3) is 0 Å². The number of nitrogens with one attached hydrogen (secondary N) is 2. The molecule has 1 aromatic carbocycles. The van der Waals surface area contributed by atoms with Crippen molar-refractivity contribution in [1.29, 1.82) is 5.26 Å². The van der Waals surface area contributed by atoms with E-state index in [1.165, 1.54) is 0 Å². The van der Waals surface area contributed by atoms with Gasteiger partial charge in [0.2, 0.25) is 0 Å². The molecule has 0 fully saturated rings. The van der Waals surface area contributed by atoms with Gasteiger partial charge in [-0.3, -0.25) is 4.79 Å². The van der Waals surface area contributed by atoms with Gasteiger partial charge >= 0.3 is 0 Å². The molecule has 0 aliphatic rings. The second-order valence-corrected chi connectivity index (χ2v) is 4.14. The van der Waals surface area contributed by atoms with Gasteiger partial charge in [0.15, 0.2) is 0 Å². The average molecular weight is 266 g/mol. The Hall–Kier alpha value is -2.87. The van der Waals surface area contributed by atoms with Gasteiger partial charge in [-0.2, -0.15) is 5.26 Å². The standard InChI is InChI=1S/C15H14N4O/c1-17-14-13(6-3-7-18-14)15(20)19-10-12-5-2-4-11(8-12)9-16/h2-8H,10H2,1H3,(H,17,18)(H,19,20). The zero-order valence-electron chi connectivity index (χ0n) is 11.1. The van der Waals surface area contributed by atoms with Crippen molar-refractivity contribution in [2.45, 2.75) is 6.54 Å². The number of rotatable bonds is 4. The molecule has 5 nitrogen and oxygen atoms in total. The number of anilines is 1. The quantitative estimate of drug-likeness (QED) is 0.886. The van der Waals surface area contributed by atoms with Gasteiger partial charge in [0.1, 0.15) is 5.82 Å². The van der Waals surface area contributed by atoms with Crippen LogP contribution in [-0.4, -0.2) is 17.9 Å². The van der Waals surface area contributed by atoms with E-state index in [0.29, 0.717) is 23.5 Å². The Bertz CT molecular complexity index is 661. The third kappa shape index (κ3) is 3.12. The van der Waals surface area contributed by atoms with Crippen molar-refractivity contribution >= 4 is 11.7 Å². The summed E-state index contributed by atoms with van der Waals surface area (Å²) in [6.07, 6.45) is 1.62. The Kier molecular flexibility index (Phi) is 4.30. The van der Waals surface area contributed by atoms with E-state index >= 15 is 0 Å². The predicted molar refractivity (Wildman–Crippen MR) is 76.1 cm³/mol. The lowest BCUT2D eigenvalue weighted by molar-refractivity contribution is 0.0951. The summed E-state index contributed by atoms with van der Waals surface area (Å²) in [6.45, 7) is 0.367. The van der Waals surface area contributed by atoms with Crippen molar-refractivity contribution in [3.63, 3.8) is 0 Å². The van der Waals surface area contributed by atoms with Crippen LogP contribution in [0.4, 0.5) is 5.82 Å². The fourth-order valence-electron chi connectivity index (χ4n) is 1.82. The highest BCUT2D eigenvalue weighted by Gasteiger charge is 2.10. The summed E-state index contributed by atoms with van der Waals surface area (Å²) in [4.78, 5) is 16.2. The summed E-state index contributed by atoms with van der Waals surface area (Å²) in [5.41, 5.74) is 1.95. The summed E-state index contributed by atoms with van der Waals surface area (Å²) >= 11 is 0. The maximum Gasteiger partial charge on any atom is 0.255 e. The van der Waals surface area contributed by atoms with Crippen molar-refractivity contribution in [3.05, 3.63) is 59.3 Å². The molecule has 0 saturated carbocycles. The van der Waals surface area contributed by atoms with Crippen molar-refractivity contribution < 1.29 is 4.79 Å². The molecular weight excluding hydrogens is 252 g/mol. The van der Waals surface area contributed by atoms with Crippen LogP contribution >= 0.6 is 0 Å². The van der Waals surface area contributed by atoms with E-state index in [0.717, 1.165) is 5.56 Å². The number of hydrogen-bond donors (Lipinski definition) is 2. The summed E-state index contributed by atoms with van der Waals surface area (Å²) < 4.78 is 0. The Morgan fingerprint density at radius 2 is 2.20 bits per heavy atom. The zero-order valence-corrected chi connectivity index (χ0v) is 11.1. The largest absolute Gasteiger partial charge is 0.372 e. The topological polar surface area (TPSA) is 77.8 Å². The van der Waals surface area contributed by atoms with E-state index in [1.54, 1.807) is 43.6 Å². The van der Waals surface area contributed by atoms with Gasteiger partial charge in [-0.15, -0.1) is 0 Å². The van der Waals surface area contributed by atoms with Gasteiger partial charge in [0, 0.05) is 19.8 Å². The second-order valence-electron chi connectivity index (χ2n) is 4.14. The molecule has 0 radical (unpaired) electrons. The molecule has 0 unspecified atom stereocenters. The number of hydrogen-bond acceptors (Lipinski definition) is 4. The van der Waals surface area contributed by atoms with Gasteiger partial charge in [-0.25, -0.2) is 4.98 Å². The lowest BCUT2D eigenvalue weighted by Gasteiger charge is -2.08. The van der Waals surface area contributed by atoms with Crippen LogP contribution in [0.1, 0.15) is 21.5 Å². The number of carbonyl (C=O) groups excluding carboxylic acids is 1. The van der Waals surface area contributed by atoms with Gasteiger partial charge in [-0.05, 0) is 29.8 Å². The first-order valence-corrected chi connectivity index (χ1v) is 6.14. The highest BCUT2D eigenvalue weighted by Crippen LogP contribution is 2.11. The van der Waals surface area contributed by atoms with E-state index in [9.17, 15) is 4.79 Å². The van der Waals surface area contributed by atoms with E-state index in [2.05, 4.69) is 21.7 Å². The number of nitrogens with zero attached hydrogens (tertiary/aromatic N) is 2. The molecule has 0 spiro atoms. The van der Waals surface area contributed by atoms with Crippen LogP contribution < -0.4 is 10.6 Å². The van der Waals surface area contributed by atoms with Gasteiger partial charge in [0.25, 0.3) is 5.91 Å². The molecule has 0 bridgehead atoms. The maximum absolute atomic E-state index is 12.1. The van der Waals surface area contributed by atoms with Crippen molar-refractivity contribution in [3.8, 4) is 6.07 Å². The first kappa shape index (κ1) is 13.6. The van der Waals surface area contributed by atoms with E-state index < -0.39 is 0 Å². The smallest absolute Gasteiger partial charge is 0.255 e. The van der Waals surface area contributed by atoms with Gasteiger partial charge in [0.05, 0.1) is 17.2 Å². The molecule has 0 saturated heterocycles. The molecule has 1 amide bonds. The number of carbonyl (C=O) groups is 1. The molecule has 20 heavy (non-hydrogen) atoms. The fraction of sp³-hybridized carbons (Fsp3) is 0.133. The number of benzene rings is 1. The Labute approximate surface area is 117 Å². The second kappa shape index (κ2) is 6.34. The van der Waals surface area contributed by atoms with Crippen LogP contribution in [0.3, 0.4) is 0 Å². The third-order valence-electron chi connectivity index (χ3n) is 2.80. The third-order valence-corrected chi connectivity index (χ3v) is 2.80. The monoisotopic (exact) mass is 266 g/mol. The van der Waals surface area contributed by atoms with E-state index in [4.69, 9.17) is 5.26 Å². The first-order valence-electron chi connectivity index (χ1n) is 6.14. The molecule has 1 heterocycles. The molecule has 0 aliphatic heterocycles. The minimum absolute atomic E-state index is 0.204. The zero-order chi connectivity index (χ0) is 14.4. The molecule has 100 valence electrons. The molecule has 2 N–H and O–H groups in total. The Morgan fingerprint density at radius 1 is 1.35 bits per heavy atom.